The van der Waals surface area contributed by atoms with Gasteiger partial charge in [0, 0.05) is 19.8 Å². The minimum Gasteiger partial charge on any atom is -0.381 e. The Labute approximate surface area is 101 Å². The molecule has 1 aliphatic rings. The maximum absolute atomic E-state index is 5.76. The number of rotatable bonds is 4. The van der Waals surface area contributed by atoms with Crippen LogP contribution in [-0.4, -0.2) is 25.5 Å². The highest BCUT2D eigenvalue weighted by atomic mass is 15.1. The van der Waals surface area contributed by atoms with E-state index < -0.39 is 0 Å². The first-order chi connectivity index (χ1) is 7.47. The zero-order valence-electron chi connectivity index (χ0n) is 11.4. The highest BCUT2D eigenvalue weighted by Gasteiger charge is 2.29. The molecule has 0 heterocycles. The first-order valence-electron chi connectivity index (χ1n) is 6.53. The van der Waals surface area contributed by atoms with Crippen molar-refractivity contribution in [1.82, 2.24) is 4.90 Å². The van der Waals surface area contributed by atoms with E-state index in [1.54, 1.807) is 0 Å². The van der Waals surface area contributed by atoms with E-state index in [4.69, 9.17) is 5.73 Å². The van der Waals surface area contributed by atoms with Crippen LogP contribution in [0.2, 0.25) is 0 Å². The van der Waals surface area contributed by atoms with E-state index in [1.165, 1.54) is 37.8 Å². The molecule has 94 valence electrons. The van der Waals surface area contributed by atoms with Crippen LogP contribution >= 0.6 is 0 Å². The van der Waals surface area contributed by atoms with E-state index in [0.29, 0.717) is 11.3 Å². The minimum absolute atomic E-state index is 0.450. The van der Waals surface area contributed by atoms with E-state index in [9.17, 15) is 0 Å². The zero-order chi connectivity index (χ0) is 12.2. The van der Waals surface area contributed by atoms with Crippen LogP contribution in [0.15, 0.2) is 11.8 Å². The van der Waals surface area contributed by atoms with Gasteiger partial charge in [-0.3, -0.25) is 0 Å². The third-order valence-corrected chi connectivity index (χ3v) is 3.79. The summed E-state index contributed by atoms with van der Waals surface area (Å²) in [6, 6.07) is 0. The molecule has 0 aromatic rings. The summed E-state index contributed by atoms with van der Waals surface area (Å²) in [4.78, 5) is 2.27. The Morgan fingerprint density at radius 3 is 2.75 bits per heavy atom. The van der Waals surface area contributed by atoms with Gasteiger partial charge in [-0.15, -0.1) is 0 Å². The van der Waals surface area contributed by atoms with Gasteiger partial charge in [-0.25, -0.2) is 0 Å². The van der Waals surface area contributed by atoms with E-state index >= 15 is 0 Å². The molecule has 0 aromatic carbocycles. The molecule has 1 aliphatic carbocycles. The summed E-state index contributed by atoms with van der Waals surface area (Å²) in [6.45, 7) is 5.52. The predicted octanol–water partition coefficient (Wildman–Crippen LogP) is 3.00. The fourth-order valence-corrected chi connectivity index (χ4v) is 2.83. The second kappa shape index (κ2) is 5.72. The molecule has 0 radical (unpaired) electrons. The fourth-order valence-electron chi connectivity index (χ4n) is 2.83. The van der Waals surface area contributed by atoms with Crippen molar-refractivity contribution in [3.8, 4) is 0 Å². The Hall–Kier alpha value is -0.500. The summed E-state index contributed by atoms with van der Waals surface area (Å²) in [7, 11) is 4.31. The van der Waals surface area contributed by atoms with Crippen molar-refractivity contribution < 1.29 is 0 Å². The largest absolute Gasteiger partial charge is 0.381 e. The van der Waals surface area contributed by atoms with Crippen LogP contribution in [0, 0.1) is 11.3 Å². The summed E-state index contributed by atoms with van der Waals surface area (Å²) in [5.74, 6) is 0.645. The molecular weight excluding hydrogens is 196 g/mol. The normalized spacial score (nSPS) is 28.2. The van der Waals surface area contributed by atoms with Crippen LogP contribution in [0.3, 0.4) is 0 Å². The molecule has 0 amide bonds. The fraction of sp³-hybridized carbons (Fsp3) is 0.857. The average molecular weight is 224 g/mol. The first kappa shape index (κ1) is 13.6. The number of hydrogen-bond acceptors (Lipinski definition) is 2. The van der Waals surface area contributed by atoms with Crippen molar-refractivity contribution in [1.29, 1.82) is 0 Å². The lowest BCUT2D eigenvalue weighted by atomic mass is 9.75. The molecule has 2 unspecified atom stereocenters. The molecule has 0 saturated carbocycles. The monoisotopic (exact) mass is 224 g/mol. The summed E-state index contributed by atoms with van der Waals surface area (Å²) < 4.78 is 0. The molecular formula is C14H28N2. The number of nitrogens with zero attached hydrogens (tertiary/aromatic N) is 1. The molecule has 0 spiro atoms. The van der Waals surface area contributed by atoms with Gasteiger partial charge in [-0.2, -0.15) is 0 Å². The summed E-state index contributed by atoms with van der Waals surface area (Å²) in [5.41, 5.74) is 7.71. The molecule has 2 N–H and O–H groups in total. The highest BCUT2D eigenvalue weighted by molar-refractivity contribution is 5.06. The van der Waals surface area contributed by atoms with E-state index in [2.05, 4.69) is 38.9 Å². The highest BCUT2D eigenvalue weighted by Crippen LogP contribution is 2.40. The van der Waals surface area contributed by atoms with E-state index in [1.807, 2.05) is 0 Å². The lowest BCUT2D eigenvalue weighted by molar-refractivity contribution is 0.215. The Balaban J connectivity index is 2.68. The first-order valence-corrected chi connectivity index (χ1v) is 6.53. The predicted molar refractivity (Wildman–Crippen MR) is 71.2 cm³/mol. The Morgan fingerprint density at radius 1 is 1.50 bits per heavy atom. The van der Waals surface area contributed by atoms with Crippen LogP contribution in [0.5, 0.6) is 0 Å². The molecule has 2 atom stereocenters. The maximum Gasteiger partial charge on any atom is 0.00924 e. The molecule has 2 nitrogen and oxygen atoms in total. The van der Waals surface area contributed by atoms with Crippen LogP contribution in [-0.2, 0) is 0 Å². The zero-order valence-corrected chi connectivity index (χ0v) is 11.4. The third kappa shape index (κ3) is 3.82. The molecule has 0 fully saturated rings. The van der Waals surface area contributed by atoms with Gasteiger partial charge in [-0.1, -0.05) is 19.9 Å². The van der Waals surface area contributed by atoms with Crippen molar-refractivity contribution in [2.75, 3.05) is 20.6 Å². The number of allylic oxidation sites excluding steroid dienone is 2. The summed E-state index contributed by atoms with van der Waals surface area (Å²) >= 11 is 0. The van der Waals surface area contributed by atoms with Gasteiger partial charge in [0.05, 0.1) is 0 Å². The van der Waals surface area contributed by atoms with Crippen molar-refractivity contribution in [3.63, 3.8) is 0 Å². The quantitative estimate of drug-likeness (QED) is 0.795. The third-order valence-electron chi connectivity index (χ3n) is 3.79. The second-order valence-electron chi connectivity index (χ2n) is 6.01. The summed E-state index contributed by atoms with van der Waals surface area (Å²) in [5, 5.41) is 0. The standard InChI is InChI=1S/C14H28N2/c1-12(11-15)9-14(2)8-6-5-7-13(10-14)16(3)4/h7,12H,5-6,8-11,15H2,1-4H3. The minimum atomic E-state index is 0.450. The molecule has 0 bridgehead atoms. The van der Waals surface area contributed by atoms with Crippen molar-refractivity contribution in [2.45, 2.75) is 46.0 Å². The maximum atomic E-state index is 5.76. The molecule has 1 rings (SSSR count). The van der Waals surface area contributed by atoms with Crippen LogP contribution in [0.4, 0.5) is 0 Å². The van der Waals surface area contributed by atoms with Crippen LogP contribution in [0.1, 0.15) is 46.0 Å². The SMILES string of the molecule is CC(CN)CC1(C)CCCC=C(N(C)C)C1. The number of nitrogens with two attached hydrogens (primary N) is 1. The van der Waals surface area contributed by atoms with Crippen molar-refractivity contribution >= 4 is 0 Å². The lowest BCUT2D eigenvalue weighted by Crippen LogP contribution is -2.26. The Morgan fingerprint density at radius 2 is 2.19 bits per heavy atom. The van der Waals surface area contributed by atoms with E-state index in [-0.39, 0.29) is 0 Å². The van der Waals surface area contributed by atoms with Gasteiger partial charge < -0.3 is 10.6 Å². The van der Waals surface area contributed by atoms with Gasteiger partial charge in [0.2, 0.25) is 0 Å². The van der Waals surface area contributed by atoms with Crippen molar-refractivity contribution in [2.24, 2.45) is 17.1 Å². The van der Waals surface area contributed by atoms with Crippen molar-refractivity contribution in [3.05, 3.63) is 11.8 Å². The second-order valence-corrected chi connectivity index (χ2v) is 6.01. The smallest absolute Gasteiger partial charge is 0.00924 e. The van der Waals surface area contributed by atoms with Gasteiger partial charge in [0.15, 0.2) is 0 Å². The van der Waals surface area contributed by atoms with Gasteiger partial charge in [0.1, 0.15) is 0 Å². The average Bonchev–Trinajstić information content (AvgIpc) is 2.40. The molecule has 2 heteroatoms. The molecule has 16 heavy (non-hydrogen) atoms. The molecule has 0 saturated heterocycles. The van der Waals surface area contributed by atoms with E-state index in [0.717, 1.165) is 6.54 Å². The van der Waals surface area contributed by atoms with Gasteiger partial charge in [-0.05, 0) is 50.0 Å². The topological polar surface area (TPSA) is 29.3 Å². The summed E-state index contributed by atoms with van der Waals surface area (Å²) in [6.07, 6.45) is 8.79. The molecule has 0 aliphatic heterocycles. The Bertz CT molecular complexity index is 245. The molecule has 0 aromatic heterocycles. The van der Waals surface area contributed by atoms with Crippen LogP contribution < -0.4 is 5.73 Å². The lowest BCUT2D eigenvalue weighted by Gasteiger charge is -2.33. The number of hydrogen-bond donors (Lipinski definition) is 1. The van der Waals surface area contributed by atoms with Gasteiger partial charge in [0.25, 0.3) is 0 Å². The Kier molecular flexibility index (Phi) is 4.85. The van der Waals surface area contributed by atoms with Crippen LogP contribution in [0.25, 0.3) is 0 Å². The van der Waals surface area contributed by atoms with Gasteiger partial charge >= 0.3 is 0 Å².